The second-order valence-corrected chi connectivity index (χ2v) is 21.0. The number of ether oxygens (including phenoxy) is 1. The fourth-order valence-corrected chi connectivity index (χ4v) is 8.39. The average molecular weight is 1010 g/mol. The second kappa shape index (κ2) is 16.7. The van der Waals surface area contributed by atoms with Crippen LogP contribution in [0.1, 0.15) is 66.1 Å². The van der Waals surface area contributed by atoms with Gasteiger partial charge in [0.2, 0.25) is 15.9 Å². The maximum atomic E-state index is 15.5. The number of aromatic nitrogens is 5. The zero-order chi connectivity index (χ0) is 49.6. The normalized spacial score (nSPS) is 17.3. The molecule has 358 valence electrons. The molecule has 0 saturated heterocycles. The molecule has 3 atom stereocenters. The van der Waals surface area contributed by atoms with E-state index in [1.807, 2.05) is 0 Å². The van der Waals surface area contributed by atoms with Crippen molar-refractivity contribution in [2.45, 2.75) is 74.8 Å². The number of sulfone groups is 1. The Bertz CT molecular complexity index is 3160. The molecule has 1 unspecified atom stereocenters. The standard InChI is InChI=1S/C40H32ClF10N7O7S2/c1-37(2,66(3,61)62)10-9-21-5-6-22(23-7-8-26(41)30-32(23)58(17-38(44,45)46)55-35(30)65-36(60)56-67(4,63)64)31(52-21)27(13-18-11-19(42)14-20(43)12-18)53-28(59)16-57-34-29(33(54-57)40(49,50)51)24-15-25(24)39(34,47)48/h5-8,11-12,14,24-25,27H,13,15-17H2,1-4H3,(H,53,59)(H,56,60)/t24-,25+,27?/m0/s1. The molecular formula is C40H32ClF10N7O7S2. The lowest BCUT2D eigenvalue weighted by molar-refractivity contribution is -0.143. The summed E-state index contributed by atoms with van der Waals surface area (Å²) >= 11 is 6.45. The molecule has 67 heavy (non-hydrogen) atoms. The predicted octanol–water partition coefficient (Wildman–Crippen LogP) is 7.34. The fraction of sp³-hybridized carbons (Fsp3) is 0.375. The number of sulfonamides is 1. The molecule has 2 amide bonds. The number of hydrogen-bond donors (Lipinski definition) is 2. The first-order valence-corrected chi connectivity index (χ1v) is 23.4. The second-order valence-electron chi connectivity index (χ2n) is 16.3. The maximum Gasteiger partial charge on any atom is 0.435 e. The van der Waals surface area contributed by atoms with Crippen LogP contribution < -0.4 is 14.8 Å². The Labute approximate surface area is 378 Å². The first-order chi connectivity index (χ1) is 30.7. The molecule has 7 rings (SSSR count). The first kappa shape index (κ1) is 49.0. The molecule has 2 N–H and O–H groups in total. The van der Waals surface area contributed by atoms with Crippen molar-refractivity contribution >= 4 is 54.4 Å². The lowest BCUT2D eigenvalue weighted by atomic mass is 9.93. The van der Waals surface area contributed by atoms with Crippen molar-refractivity contribution in [3.05, 3.63) is 93.0 Å². The summed E-state index contributed by atoms with van der Waals surface area (Å²) in [5.41, 5.74) is -5.63. The minimum absolute atomic E-state index is 0.196. The van der Waals surface area contributed by atoms with Crippen molar-refractivity contribution in [1.82, 2.24) is 34.6 Å². The van der Waals surface area contributed by atoms with E-state index in [4.69, 9.17) is 16.3 Å². The highest BCUT2D eigenvalue weighted by atomic mass is 35.5. The summed E-state index contributed by atoms with van der Waals surface area (Å²) in [7, 11) is -8.18. The number of alkyl halides is 8. The monoisotopic (exact) mass is 1010 g/mol. The van der Waals surface area contributed by atoms with Gasteiger partial charge in [0.1, 0.15) is 40.9 Å². The van der Waals surface area contributed by atoms with E-state index < -0.39 is 148 Å². The largest absolute Gasteiger partial charge is 0.435 e. The molecule has 1 fully saturated rings. The molecule has 3 aromatic heterocycles. The van der Waals surface area contributed by atoms with Gasteiger partial charge in [-0.1, -0.05) is 23.6 Å². The molecule has 1 saturated carbocycles. The van der Waals surface area contributed by atoms with Crippen molar-refractivity contribution in [3.63, 3.8) is 0 Å². The maximum absolute atomic E-state index is 15.5. The minimum atomic E-state index is -5.21. The number of carbonyl (C=O) groups excluding carboxylic acids is 2. The molecular weight excluding hydrogens is 980 g/mol. The molecule has 0 bridgehead atoms. The Morgan fingerprint density at radius 2 is 1.60 bits per heavy atom. The Balaban J connectivity index is 1.45. The molecule has 27 heteroatoms. The summed E-state index contributed by atoms with van der Waals surface area (Å²) in [4.78, 5) is 31.1. The van der Waals surface area contributed by atoms with Crippen molar-refractivity contribution in [2.24, 2.45) is 5.92 Å². The third kappa shape index (κ3) is 10.2. The van der Waals surface area contributed by atoms with E-state index in [1.165, 1.54) is 24.6 Å². The van der Waals surface area contributed by atoms with E-state index in [9.17, 15) is 61.5 Å². The number of hydrogen-bond acceptors (Lipinski definition) is 10. The van der Waals surface area contributed by atoms with Gasteiger partial charge in [-0.3, -0.25) is 14.2 Å². The van der Waals surface area contributed by atoms with Crippen LogP contribution >= 0.6 is 11.6 Å². The number of nitrogens with one attached hydrogen (secondary N) is 2. The third-order valence-electron chi connectivity index (χ3n) is 10.8. The van der Waals surface area contributed by atoms with Crippen LogP contribution in [0, 0.1) is 29.4 Å². The van der Waals surface area contributed by atoms with E-state index in [0.717, 1.165) is 36.6 Å². The van der Waals surface area contributed by atoms with Gasteiger partial charge in [-0.25, -0.2) is 40.1 Å². The van der Waals surface area contributed by atoms with Crippen LogP contribution in [0.3, 0.4) is 0 Å². The van der Waals surface area contributed by atoms with Gasteiger partial charge < -0.3 is 10.1 Å². The van der Waals surface area contributed by atoms with E-state index >= 15 is 8.78 Å². The molecule has 3 heterocycles. The van der Waals surface area contributed by atoms with Crippen molar-refractivity contribution in [1.29, 1.82) is 0 Å². The van der Waals surface area contributed by atoms with Crippen molar-refractivity contribution in [2.75, 3.05) is 12.5 Å². The van der Waals surface area contributed by atoms with Crippen LogP contribution in [-0.4, -0.2) is 76.8 Å². The molecule has 2 aliphatic carbocycles. The number of benzene rings is 2. The number of amides is 2. The van der Waals surface area contributed by atoms with Crippen LogP contribution in [-0.2, 0) is 56.3 Å². The molecule has 14 nitrogen and oxygen atoms in total. The van der Waals surface area contributed by atoms with Gasteiger partial charge in [0, 0.05) is 34.9 Å². The van der Waals surface area contributed by atoms with Crippen LogP contribution in [0.15, 0.2) is 42.5 Å². The smallest absolute Gasteiger partial charge is 0.388 e. The van der Waals surface area contributed by atoms with Crippen LogP contribution in [0.5, 0.6) is 5.88 Å². The number of nitrogens with zero attached hydrogens (tertiary/aromatic N) is 5. The summed E-state index contributed by atoms with van der Waals surface area (Å²) in [5.74, 6) is -5.93. The number of rotatable bonds is 11. The van der Waals surface area contributed by atoms with Crippen LogP contribution in [0.4, 0.5) is 48.7 Å². The number of carbonyl (C=O) groups is 2. The van der Waals surface area contributed by atoms with Crippen molar-refractivity contribution < 1.29 is 75.1 Å². The Morgan fingerprint density at radius 1 is 0.955 bits per heavy atom. The first-order valence-electron chi connectivity index (χ1n) is 19.2. The Kier molecular flexibility index (Phi) is 12.2. The molecule has 5 aromatic rings. The molecule has 2 aromatic carbocycles. The lowest BCUT2D eigenvalue weighted by Crippen LogP contribution is -2.35. The average Bonchev–Trinajstić information content (AvgIpc) is 3.68. The highest BCUT2D eigenvalue weighted by molar-refractivity contribution is 7.92. The van der Waals surface area contributed by atoms with Gasteiger partial charge in [0.05, 0.1) is 33.9 Å². The Morgan fingerprint density at radius 3 is 2.19 bits per heavy atom. The van der Waals surface area contributed by atoms with E-state index in [-0.39, 0.29) is 38.2 Å². The summed E-state index contributed by atoms with van der Waals surface area (Å²) in [6.07, 6.45) is -11.5. The molecule has 2 aliphatic rings. The van der Waals surface area contributed by atoms with Gasteiger partial charge >= 0.3 is 18.4 Å². The topological polar surface area (TPSA) is 184 Å². The highest BCUT2D eigenvalue weighted by Crippen LogP contribution is 2.68. The lowest BCUT2D eigenvalue weighted by Gasteiger charge is -2.23. The van der Waals surface area contributed by atoms with Crippen LogP contribution in [0.2, 0.25) is 5.02 Å². The third-order valence-corrected chi connectivity index (χ3v) is 13.6. The zero-order valence-electron chi connectivity index (χ0n) is 34.7. The summed E-state index contributed by atoms with van der Waals surface area (Å²) < 4.78 is 199. The van der Waals surface area contributed by atoms with Gasteiger partial charge in [0.25, 0.3) is 11.8 Å². The molecule has 0 radical (unpaired) electrons. The summed E-state index contributed by atoms with van der Waals surface area (Å²) in [6, 6.07) is 4.89. The minimum Gasteiger partial charge on any atom is -0.388 e. The number of pyridine rings is 1. The van der Waals surface area contributed by atoms with Gasteiger partial charge in [-0.2, -0.15) is 40.2 Å². The van der Waals surface area contributed by atoms with E-state index in [2.05, 4.69) is 32.3 Å². The SMILES string of the molecule is CC(C)(C#Cc1ccc(-c2ccc(Cl)c3c(OC(=O)NS(C)(=O)=O)nn(CC(F)(F)F)c23)c(C(Cc2cc(F)cc(F)c2)NC(=O)Cn2nc(C(F)(F)F)c3c2C(F)(F)[C@@H]2C[C@H]32)n1)S(C)(=O)=O. The summed E-state index contributed by atoms with van der Waals surface area (Å²) in [5, 5.41) is 8.59. The zero-order valence-corrected chi connectivity index (χ0v) is 37.1. The van der Waals surface area contributed by atoms with Crippen LogP contribution in [0.25, 0.3) is 22.0 Å². The van der Waals surface area contributed by atoms with E-state index in [1.54, 1.807) is 0 Å². The highest BCUT2D eigenvalue weighted by Gasteiger charge is 2.68. The quantitative estimate of drug-likeness (QED) is 0.100. The van der Waals surface area contributed by atoms with E-state index in [0.29, 0.717) is 12.3 Å². The predicted molar refractivity (Wildman–Crippen MR) is 217 cm³/mol. The number of halogens is 11. The Hall–Kier alpha value is -5.94. The van der Waals surface area contributed by atoms with Gasteiger partial charge in [-0.15, -0.1) is 5.10 Å². The van der Waals surface area contributed by atoms with Crippen molar-refractivity contribution in [3.8, 4) is 28.8 Å². The van der Waals surface area contributed by atoms with Gasteiger partial charge in [-0.05, 0) is 74.4 Å². The summed E-state index contributed by atoms with van der Waals surface area (Å²) in [6.45, 7) is -0.711. The fourth-order valence-electron chi connectivity index (χ4n) is 7.58. The molecule has 0 aliphatic heterocycles. The van der Waals surface area contributed by atoms with Gasteiger partial charge in [0.15, 0.2) is 15.5 Å². The molecule has 0 spiro atoms. The number of fused-ring (bicyclic) bond motifs is 4.